The maximum Gasteiger partial charge on any atom is 0.257 e. The van der Waals surface area contributed by atoms with Crippen molar-refractivity contribution in [3.63, 3.8) is 0 Å². The van der Waals surface area contributed by atoms with Gasteiger partial charge in [0.1, 0.15) is 5.56 Å². The van der Waals surface area contributed by atoms with Crippen LogP contribution in [0.15, 0.2) is 81.4 Å². The first-order chi connectivity index (χ1) is 16.1. The molecule has 0 saturated heterocycles. The van der Waals surface area contributed by atoms with Crippen molar-refractivity contribution in [2.45, 2.75) is 29.9 Å². The molecule has 0 radical (unpaired) electrons. The minimum atomic E-state index is -0.318. The Morgan fingerprint density at radius 1 is 1.21 bits per heavy atom. The minimum absolute atomic E-state index is 0.120. The van der Waals surface area contributed by atoms with Crippen LogP contribution in [0.3, 0.4) is 0 Å². The molecule has 1 amide bonds. The Bertz CT molecular complexity index is 1350. The predicted octanol–water partition coefficient (Wildman–Crippen LogP) is 4.96. The number of nitrogens with one attached hydrogen (secondary N) is 1. The molecule has 4 aromatic rings. The van der Waals surface area contributed by atoms with Crippen LogP contribution < -0.4 is 10.7 Å². The number of nitrogens with zero attached hydrogens (tertiary/aromatic N) is 2. The Kier molecular flexibility index (Phi) is 6.15. The number of amides is 1. The fourth-order valence-electron chi connectivity index (χ4n) is 4.28. The van der Waals surface area contributed by atoms with Crippen LogP contribution in [0.2, 0.25) is 0 Å². The van der Waals surface area contributed by atoms with E-state index in [-0.39, 0.29) is 22.1 Å². The van der Waals surface area contributed by atoms with Gasteiger partial charge in [0, 0.05) is 53.0 Å². The highest BCUT2D eigenvalue weighted by Gasteiger charge is 2.29. The molecule has 1 unspecified atom stereocenters. The molecule has 0 fully saturated rings. The van der Waals surface area contributed by atoms with Crippen LogP contribution in [-0.4, -0.2) is 22.0 Å². The van der Waals surface area contributed by atoms with E-state index in [9.17, 15) is 9.59 Å². The van der Waals surface area contributed by atoms with E-state index < -0.39 is 0 Å². The third kappa shape index (κ3) is 4.38. The highest BCUT2D eigenvalue weighted by atomic mass is 32.2. The van der Waals surface area contributed by atoms with Crippen molar-refractivity contribution < 1.29 is 4.79 Å². The molecule has 7 heteroatoms. The van der Waals surface area contributed by atoms with Gasteiger partial charge in [0.2, 0.25) is 0 Å². The highest BCUT2D eigenvalue weighted by molar-refractivity contribution is 7.99. The largest absolute Gasteiger partial charge is 0.352 e. The Morgan fingerprint density at radius 2 is 2.09 bits per heavy atom. The third-order valence-electron chi connectivity index (χ3n) is 5.82. The van der Waals surface area contributed by atoms with Crippen molar-refractivity contribution in [3.05, 3.63) is 110 Å². The Balaban J connectivity index is 1.55. The van der Waals surface area contributed by atoms with Gasteiger partial charge in [0.25, 0.3) is 5.91 Å². The number of aromatic nitrogens is 2. The maximum absolute atomic E-state index is 13.3. The van der Waals surface area contributed by atoms with Gasteiger partial charge in [-0.3, -0.25) is 14.6 Å². The van der Waals surface area contributed by atoms with E-state index in [1.807, 2.05) is 31.2 Å². The number of fused-ring (bicyclic) bond motifs is 3. The Morgan fingerprint density at radius 3 is 2.88 bits per heavy atom. The van der Waals surface area contributed by atoms with Gasteiger partial charge in [-0.15, -0.1) is 11.8 Å². The second-order valence-corrected chi connectivity index (χ2v) is 10.0. The van der Waals surface area contributed by atoms with E-state index in [0.29, 0.717) is 19.4 Å². The summed E-state index contributed by atoms with van der Waals surface area (Å²) in [5, 5.41) is 7.31. The summed E-state index contributed by atoms with van der Waals surface area (Å²) in [5.41, 5.74) is 4.88. The van der Waals surface area contributed by atoms with E-state index in [0.717, 1.165) is 27.5 Å². The SMILES string of the molecule is Cc1cc(=O)c(C(=O)NCCc2cccnc2)c2n1-c1ccccc1SC(c1ccsc1)C2. The summed E-state index contributed by atoms with van der Waals surface area (Å²) in [6.45, 7) is 2.37. The van der Waals surface area contributed by atoms with E-state index in [1.165, 1.54) is 5.56 Å². The fourth-order valence-corrected chi connectivity index (χ4v) is 6.34. The first kappa shape index (κ1) is 21.7. The molecule has 1 atom stereocenters. The summed E-state index contributed by atoms with van der Waals surface area (Å²) >= 11 is 3.45. The lowest BCUT2D eigenvalue weighted by molar-refractivity contribution is 0.0951. The van der Waals surface area contributed by atoms with E-state index in [4.69, 9.17) is 0 Å². The van der Waals surface area contributed by atoms with Crippen LogP contribution in [0.25, 0.3) is 5.69 Å². The number of carbonyl (C=O) groups is 1. The van der Waals surface area contributed by atoms with E-state index >= 15 is 0 Å². The van der Waals surface area contributed by atoms with Crippen molar-refractivity contribution in [3.8, 4) is 5.69 Å². The molecule has 1 aliphatic heterocycles. The molecule has 0 spiro atoms. The van der Waals surface area contributed by atoms with Gasteiger partial charge in [-0.1, -0.05) is 18.2 Å². The van der Waals surface area contributed by atoms with Crippen LogP contribution in [0.5, 0.6) is 0 Å². The Labute approximate surface area is 200 Å². The number of rotatable bonds is 5. The fraction of sp³-hybridized carbons (Fsp3) is 0.192. The quantitative estimate of drug-likeness (QED) is 0.445. The molecule has 0 saturated carbocycles. The molecule has 1 aliphatic rings. The number of hydrogen-bond acceptors (Lipinski definition) is 5. The average molecular weight is 474 g/mol. The molecule has 3 aromatic heterocycles. The molecule has 1 aromatic carbocycles. The summed E-state index contributed by atoms with van der Waals surface area (Å²) in [7, 11) is 0. The zero-order valence-electron chi connectivity index (χ0n) is 18.2. The number of pyridine rings is 2. The summed E-state index contributed by atoms with van der Waals surface area (Å²) in [5.74, 6) is -0.318. The van der Waals surface area contributed by atoms with Crippen molar-refractivity contribution in [1.82, 2.24) is 14.9 Å². The summed E-state index contributed by atoms with van der Waals surface area (Å²) in [6, 6.07) is 15.8. The van der Waals surface area contributed by atoms with Gasteiger partial charge < -0.3 is 9.88 Å². The smallest absolute Gasteiger partial charge is 0.257 e. The standard InChI is InChI=1S/C26H23N3O2S2/c1-17-13-22(30)25(26(31)28-11-8-18-5-4-10-27-15-18)21-14-24(19-9-12-32-16-19)33-23-7-3-2-6-20(23)29(17)21/h2-7,9-10,12-13,15-16,24H,8,11,14H2,1H3,(H,28,31). The molecular formula is C26H23N3O2S2. The number of para-hydroxylation sites is 1. The van der Waals surface area contributed by atoms with Crippen molar-refractivity contribution in [1.29, 1.82) is 0 Å². The monoisotopic (exact) mass is 473 g/mol. The van der Waals surface area contributed by atoms with Gasteiger partial charge in [-0.25, -0.2) is 0 Å². The zero-order chi connectivity index (χ0) is 22.8. The van der Waals surface area contributed by atoms with Gasteiger partial charge in [0.05, 0.1) is 5.69 Å². The first-order valence-electron chi connectivity index (χ1n) is 10.8. The molecule has 5 rings (SSSR count). The zero-order valence-corrected chi connectivity index (χ0v) is 19.8. The number of thioether (sulfide) groups is 1. The summed E-state index contributed by atoms with van der Waals surface area (Å²) in [4.78, 5) is 31.7. The number of carbonyl (C=O) groups excluding carboxylic acids is 1. The lowest BCUT2D eigenvalue weighted by Gasteiger charge is -2.20. The van der Waals surface area contributed by atoms with Crippen molar-refractivity contribution >= 4 is 29.0 Å². The minimum Gasteiger partial charge on any atom is -0.352 e. The van der Waals surface area contributed by atoms with Gasteiger partial charge in [-0.05, 0) is 59.5 Å². The Hall–Kier alpha value is -3.16. The van der Waals surface area contributed by atoms with Gasteiger partial charge >= 0.3 is 0 Å². The van der Waals surface area contributed by atoms with Crippen LogP contribution in [-0.2, 0) is 12.8 Å². The average Bonchev–Trinajstić information content (AvgIpc) is 3.29. The predicted molar refractivity (Wildman–Crippen MR) is 134 cm³/mol. The molecule has 5 nitrogen and oxygen atoms in total. The van der Waals surface area contributed by atoms with Crippen LogP contribution in [0.1, 0.15) is 38.1 Å². The third-order valence-corrected chi connectivity index (χ3v) is 7.84. The van der Waals surface area contributed by atoms with Crippen LogP contribution in [0, 0.1) is 6.92 Å². The molecule has 0 aliphatic carbocycles. The number of benzene rings is 1. The topological polar surface area (TPSA) is 64.0 Å². The maximum atomic E-state index is 13.3. The molecule has 33 heavy (non-hydrogen) atoms. The highest BCUT2D eigenvalue weighted by Crippen LogP contribution is 2.44. The second-order valence-electron chi connectivity index (χ2n) is 8.01. The van der Waals surface area contributed by atoms with Crippen molar-refractivity contribution in [2.75, 3.05) is 6.54 Å². The summed E-state index contributed by atoms with van der Waals surface area (Å²) in [6.07, 6.45) is 4.77. The molecular weight excluding hydrogens is 450 g/mol. The molecule has 166 valence electrons. The number of aryl methyl sites for hydroxylation is 1. The van der Waals surface area contributed by atoms with E-state index in [1.54, 1.807) is 41.6 Å². The van der Waals surface area contributed by atoms with Crippen LogP contribution >= 0.6 is 23.1 Å². The normalized spacial score (nSPS) is 14.8. The molecule has 1 N–H and O–H groups in total. The summed E-state index contributed by atoms with van der Waals surface area (Å²) < 4.78 is 2.09. The van der Waals surface area contributed by atoms with Crippen LogP contribution in [0.4, 0.5) is 0 Å². The van der Waals surface area contributed by atoms with E-state index in [2.05, 4.69) is 43.8 Å². The van der Waals surface area contributed by atoms with Crippen molar-refractivity contribution in [2.24, 2.45) is 0 Å². The lowest BCUT2D eigenvalue weighted by atomic mass is 10.0. The molecule has 0 bridgehead atoms. The molecule has 4 heterocycles. The number of thiophene rings is 1. The first-order valence-corrected chi connectivity index (χ1v) is 12.6. The lowest BCUT2D eigenvalue weighted by Crippen LogP contribution is -2.33. The van der Waals surface area contributed by atoms with Gasteiger partial charge in [0.15, 0.2) is 5.43 Å². The second kappa shape index (κ2) is 9.37. The number of hydrogen-bond donors (Lipinski definition) is 1. The van der Waals surface area contributed by atoms with Gasteiger partial charge in [-0.2, -0.15) is 11.3 Å².